The lowest BCUT2D eigenvalue weighted by Gasteiger charge is -2.49. The predicted octanol–water partition coefficient (Wildman–Crippen LogP) is -0.802. The van der Waals surface area contributed by atoms with Crippen molar-refractivity contribution in [3.8, 4) is 0 Å². The molecule has 0 saturated carbocycles. The van der Waals surface area contributed by atoms with Crippen molar-refractivity contribution in [2.24, 2.45) is 0 Å². The fourth-order valence-electron chi connectivity index (χ4n) is 3.24. The minimum Gasteiger partial charge on any atom is -0.376 e. The molecule has 1 atom stereocenters. The second kappa shape index (κ2) is 4.76. The summed E-state index contributed by atoms with van der Waals surface area (Å²) in [5, 5.41) is 2.72. The van der Waals surface area contributed by atoms with E-state index in [1.165, 1.54) is 0 Å². The molecule has 3 fully saturated rings. The van der Waals surface area contributed by atoms with Gasteiger partial charge in [-0.3, -0.25) is 14.5 Å². The van der Waals surface area contributed by atoms with E-state index in [1.807, 2.05) is 4.90 Å². The maximum absolute atomic E-state index is 12.4. The molecule has 3 saturated heterocycles. The second-order valence-corrected chi connectivity index (χ2v) is 5.63. The van der Waals surface area contributed by atoms with Crippen LogP contribution in [0.2, 0.25) is 0 Å². The van der Waals surface area contributed by atoms with Gasteiger partial charge < -0.3 is 15.0 Å². The van der Waals surface area contributed by atoms with Gasteiger partial charge in [0, 0.05) is 26.7 Å². The van der Waals surface area contributed by atoms with Crippen molar-refractivity contribution in [2.75, 3.05) is 39.9 Å². The summed E-state index contributed by atoms with van der Waals surface area (Å²) in [6.45, 7) is 3.34. The standard InChI is InChI=1S/C13H21N3O3/c1-14-12(18)13(8-19-9-13)16-7-2-4-10(16)11(17)15-5-3-6-15/h10H,2-9H2,1H3,(H,14,18)/t10-/m0/s1. The summed E-state index contributed by atoms with van der Waals surface area (Å²) in [5.74, 6) is 0.168. The number of hydrogen-bond acceptors (Lipinski definition) is 4. The number of likely N-dealkylation sites (tertiary alicyclic amines) is 2. The highest BCUT2D eigenvalue weighted by atomic mass is 16.5. The summed E-state index contributed by atoms with van der Waals surface area (Å²) >= 11 is 0. The maximum atomic E-state index is 12.4. The van der Waals surface area contributed by atoms with Crippen LogP contribution in [0.1, 0.15) is 19.3 Å². The second-order valence-electron chi connectivity index (χ2n) is 5.63. The molecule has 6 nitrogen and oxygen atoms in total. The molecule has 0 unspecified atom stereocenters. The average molecular weight is 267 g/mol. The van der Waals surface area contributed by atoms with Gasteiger partial charge in [-0.1, -0.05) is 0 Å². The third-order valence-corrected chi connectivity index (χ3v) is 4.59. The van der Waals surface area contributed by atoms with Crippen LogP contribution in [0.25, 0.3) is 0 Å². The third kappa shape index (κ3) is 1.85. The SMILES string of the molecule is CNC(=O)C1(N2CCC[C@H]2C(=O)N2CCC2)COC1. The largest absolute Gasteiger partial charge is 0.376 e. The molecule has 3 aliphatic rings. The van der Waals surface area contributed by atoms with Crippen LogP contribution in [0.3, 0.4) is 0 Å². The molecule has 0 bridgehead atoms. The number of amides is 2. The molecule has 0 aliphatic carbocycles. The predicted molar refractivity (Wildman–Crippen MR) is 68.5 cm³/mol. The first kappa shape index (κ1) is 12.9. The van der Waals surface area contributed by atoms with Crippen LogP contribution in [0.4, 0.5) is 0 Å². The highest BCUT2D eigenvalue weighted by molar-refractivity contribution is 5.89. The molecule has 1 N–H and O–H groups in total. The molecule has 3 aliphatic heterocycles. The Hall–Kier alpha value is -1.14. The van der Waals surface area contributed by atoms with Crippen molar-refractivity contribution in [3.63, 3.8) is 0 Å². The van der Waals surface area contributed by atoms with E-state index in [9.17, 15) is 9.59 Å². The Bertz CT molecular complexity index is 391. The molecule has 19 heavy (non-hydrogen) atoms. The summed E-state index contributed by atoms with van der Waals surface area (Å²) in [6, 6.07) is -0.138. The first-order valence-electron chi connectivity index (χ1n) is 7.04. The number of rotatable bonds is 3. The van der Waals surface area contributed by atoms with Gasteiger partial charge in [0.25, 0.3) is 0 Å². The zero-order valence-corrected chi connectivity index (χ0v) is 11.4. The molecule has 3 heterocycles. The van der Waals surface area contributed by atoms with Crippen LogP contribution < -0.4 is 5.32 Å². The van der Waals surface area contributed by atoms with E-state index < -0.39 is 5.54 Å². The van der Waals surface area contributed by atoms with Crippen molar-refractivity contribution in [2.45, 2.75) is 30.8 Å². The van der Waals surface area contributed by atoms with Crippen LogP contribution >= 0.6 is 0 Å². The van der Waals surface area contributed by atoms with Crippen LogP contribution in [0, 0.1) is 0 Å². The van der Waals surface area contributed by atoms with Crippen LogP contribution in [-0.4, -0.2) is 73.1 Å². The highest BCUT2D eigenvalue weighted by Crippen LogP contribution is 2.34. The lowest BCUT2D eigenvalue weighted by molar-refractivity contribution is -0.176. The number of carbonyl (C=O) groups is 2. The van der Waals surface area contributed by atoms with E-state index in [0.717, 1.165) is 38.9 Å². The fourth-order valence-corrected chi connectivity index (χ4v) is 3.24. The smallest absolute Gasteiger partial charge is 0.245 e. The van der Waals surface area contributed by atoms with Gasteiger partial charge in [-0.2, -0.15) is 0 Å². The van der Waals surface area contributed by atoms with Gasteiger partial charge in [0.2, 0.25) is 11.8 Å². The van der Waals surface area contributed by atoms with Crippen LogP contribution in [0.15, 0.2) is 0 Å². The fraction of sp³-hybridized carbons (Fsp3) is 0.846. The zero-order chi connectivity index (χ0) is 13.5. The number of hydrogen-bond donors (Lipinski definition) is 1. The Morgan fingerprint density at radius 2 is 1.95 bits per heavy atom. The van der Waals surface area contributed by atoms with E-state index in [2.05, 4.69) is 10.2 Å². The molecular weight excluding hydrogens is 246 g/mol. The minimum atomic E-state index is -0.615. The average Bonchev–Trinajstić information content (AvgIpc) is 2.74. The Morgan fingerprint density at radius 1 is 1.21 bits per heavy atom. The molecule has 0 radical (unpaired) electrons. The summed E-state index contributed by atoms with van der Waals surface area (Å²) < 4.78 is 5.28. The monoisotopic (exact) mass is 267 g/mol. The first-order chi connectivity index (χ1) is 9.19. The number of ether oxygens (including phenoxy) is 1. The van der Waals surface area contributed by atoms with Crippen molar-refractivity contribution in [1.82, 2.24) is 15.1 Å². The van der Waals surface area contributed by atoms with Crippen molar-refractivity contribution >= 4 is 11.8 Å². The lowest BCUT2D eigenvalue weighted by atomic mass is 9.92. The first-order valence-corrected chi connectivity index (χ1v) is 7.04. The molecule has 0 aromatic carbocycles. The van der Waals surface area contributed by atoms with E-state index in [0.29, 0.717) is 13.2 Å². The van der Waals surface area contributed by atoms with Gasteiger partial charge >= 0.3 is 0 Å². The molecule has 2 amide bonds. The van der Waals surface area contributed by atoms with E-state index in [1.54, 1.807) is 7.05 Å². The van der Waals surface area contributed by atoms with Crippen molar-refractivity contribution in [3.05, 3.63) is 0 Å². The summed E-state index contributed by atoms with van der Waals surface area (Å²) in [5.41, 5.74) is -0.615. The molecule has 0 spiro atoms. The molecule has 106 valence electrons. The van der Waals surface area contributed by atoms with Gasteiger partial charge in [0.05, 0.1) is 19.3 Å². The zero-order valence-electron chi connectivity index (χ0n) is 11.4. The van der Waals surface area contributed by atoms with Crippen molar-refractivity contribution in [1.29, 1.82) is 0 Å². The van der Waals surface area contributed by atoms with Gasteiger partial charge in [0.15, 0.2) is 0 Å². The Morgan fingerprint density at radius 3 is 2.42 bits per heavy atom. The highest BCUT2D eigenvalue weighted by Gasteiger charge is 2.55. The summed E-state index contributed by atoms with van der Waals surface area (Å²) in [6.07, 6.45) is 2.93. The number of nitrogens with zero attached hydrogens (tertiary/aromatic N) is 2. The Labute approximate surface area is 113 Å². The molecule has 6 heteroatoms. The van der Waals surface area contributed by atoms with Crippen molar-refractivity contribution < 1.29 is 14.3 Å². The minimum absolute atomic E-state index is 0.0259. The van der Waals surface area contributed by atoms with Gasteiger partial charge in [-0.05, 0) is 19.3 Å². The van der Waals surface area contributed by atoms with Gasteiger partial charge in [-0.15, -0.1) is 0 Å². The van der Waals surface area contributed by atoms with E-state index in [4.69, 9.17) is 4.74 Å². The topological polar surface area (TPSA) is 61.9 Å². The number of likely N-dealkylation sites (N-methyl/N-ethyl adjacent to an activating group) is 1. The number of nitrogens with one attached hydrogen (secondary N) is 1. The molecule has 3 rings (SSSR count). The molecular formula is C13H21N3O3. The van der Waals surface area contributed by atoms with Gasteiger partial charge in [0.1, 0.15) is 5.54 Å². The molecule has 0 aromatic heterocycles. The third-order valence-electron chi connectivity index (χ3n) is 4.59. The maximum Gasteiger partial charge on any atom is 0.245 e. The van der Waals surface area contributed by atoms with Crippen LogP contribution in [0.5, 0.6) is 0 Å². The Balaban J connectivity index is 1.78. The van der Waals surface area contributed by atoms with E-state index in [-0.39, 0.29) is 17.9 Å². The number of carbonyl (C=O) groups excluding carboxylic acids is 2. The normalized spacial score (nSPS) is 29.5. The van der Waals surface area contributed by atoms with Crippen LogP contribution in [-0.2, 0) is 14.3 Å². The molecule has 0 aromatic rings. The summed E-state index contributed by atoms with van der Waals surface area (Å²) in [4.78, 5) is 28.6. The quantitative estimate of drug-likeness (QED) is 0.727. The van der Waals surface area contributed by atoms with E-state index >= 15 is 0 Å². The Kier molecular flexibility index (Phi) is 3.22. The van der Waals surface area contributed by atoms with Gasteiger partial charge in [-0.25, -0.2) is 0 Å². The summed E-state index contributed by atoms with van der Waals surface area (Å²) in [7, 11) is 1.64. The lowest BCUT2D eigenvalue weighted by Crippen LogP contribution is -2.72.